The summed E-state index contributed by atoms with van der Waals surface area (Å²) in [4.78, 5) is 0. The smallest absolute Gasteiger partial charge is 0.132 e. The van der Waals surface area contributed by atoms with Crippen molar-refractivity contribution in [3.63, 3.8) is 0 Å². The van der Waals surface area contributed by atoms with E-state index in [2.05, 4.69) is 70.4 Å². The number of anilines is 1. The van der Waals surface area contributed by atoms with Crippen LogP contribution in [0.1, 0.15) is 11.1 Å². The van der Waals surface area contributed by atoms with Gasteiger partial charge in [0.25, 0.3) is 0 Å². The molecule has 0 aromatic heterocycles. The zero-order valence-corrected chi connectivity index (χ0v) is 14.0. The zero-order chi connectivity index (χ0) is 15.1. The number of ether oxygens (including phenoxy) is 1. The summed E-state index contributed by atoms with van der Waals surface area (Å²) in [5.74, 6) is 0.806. The van der Waals surface area contributed by atoms with E-state index in [1.807, 2.05) is 19.2 Å². The molecule has 3 nitrogen and oxygen atoms in total. The van der Waals surface area contributed by atoms with Crippen LogP contribution in [0.15, 0.2) is 42.5 Å². The fourth-order valence-electron chi connectivity index (χ4n) is 1.85. The van der Waals surface area contributed by atoms with E-state index in [0.29, 0.717) is 6.61 Å². The highest BCUT2D eigenvalue weighted by molar-refractivity contribution is 14.1. The summed E-state index contributed by atoms with van der Waals surface area (Å²) in [6.45, 7) is 0.351. The molecule has 0 atom stereocenters. The van der Waals surface area contributed by atoms with Crippen molar-refractivity contribution in [2.24, 2.45) is 0 Å². The molecule has 0 aliphatic carbocycles. The normalized spacial score (nSPS) is 10.8. The molecule has 2 N–H and O–H groups in total. The Balaban J connectivity index is 2.07. The van der Waals surface area contributed by atoms with E-state index in [1.54, 1.807) is 0 Å². The first kappa shape index (κ1) is 15.9. The maximum absolute atomic E-state index is 8.78. The topological polar surface area (TPSA) is 41.5 Å². The Morgan fingerprint density at radius 3 is 2.38 bits per heavy atom. The number of hydrogen-bond donors (Lipinski definition) is 2. The van der Waals surface area contributed by atoms with Gasteiger partial charge in [-0.25, -0.2) is 0 Å². The largest absolute Gasteiger partial charge is 0.490 e. The minimum atomic E-state index is 0.0281. The van der Waals surface area contributed by atoms with Gasteiger partial charge >= 0.3 is 0 Å². The van der Waals surface area contributed by atoms with Gasteiger partial charge in [-0.1, -0.05) is 30.4 Å². The molecular weight excluding hydrogens is 377 g/mol. The number of halogens is 1. The van der Waals surface area contributed by atoms with Gasteiger partial charge in [0, 0.05) is 12.7 Å². The lowest BCUT2D eigenvalue weighted by Gasteiger charge is -2.07. The van der Waals surface area contributed by atoms with Crippen LogP contribution in [0.2, 0.25) is 0 Å². The van der Waals surface area contributed by atoms with Crippen molar-refractivity contribution in [2.75, 3.05) is 25.6 Å². The minimum absolute atomic E-state index is 0.0281. The number of rotatable bonds is 6. The summed E-state index contributed by atoms with van der Waals surface area (Å²) < 4.78 is 6.48. The molecule has 0 saturated heterocycles. The molecule has 0 spiro atoms. The average Bonchev–Trinajstić information content (AvgIpc) is 2.52. The van der Waals surface area contributed by atoms with E-state index in [-0.39, 0.29) is 6.61 Å². The predicted octanol–water partition coefficient (Wildman–Crippen LogP) is 3.87. The fraction of sp³-hybridized carbons (Fsp3) is 0.176. The molecule has 0 bridgehead atoms. The maximum atomic E-state index is 8.78. The molecule has 0 radical (unpaired) electrons. The van der Waals surface area contributed by atoms with Gasteiger partial charge in [0.2, 0.25) is 0 Å². The van der Waals surface area contributed by atoms with Crippen LogP contribution < -0.4 is 10.1 Å². The molecule has 0 aliphatic rings. The lowest BCUT2D eigenvalue weighted by molar-refractivity contribution is 0.200. The molecule has 2 aromatic rings. The summed E-state index contributed by atoms with van der Waals surface area (Å²) in [7, 11) is 1.91. The summed E-state index contributed by atoms with van der Waals surface area (Å²) in [5, 5.41) is 11.9. The quantitative estimate of drug-likeness (QED) is 0.577. The van der Waals surface area contributed by atoms with E-state index < -0.39 is 0 Å². The van der Waals surface area contributed by atoms with E-state index in [0.717, 1.165) is 26.1 Å². The third-order valence-electron chi connectivity index (χ3n) is 2.97. The van der Waals surface area contributed by atoms with E-state index >= 15 is 0 Å². The van der Waals surface area contributed by atoms with Gasteiger partial charge in [-0.15, -0.1) is 0 Å². The number of nitrogens with one attached hydrogen (secondary N) is 1. The third kappa shape index (κ3) is 4.75. The van der Waals surface area contributed by atoms with E-state index in [9.17, 15) is 0 Å². The first-order valence-electron chi connectivity index (χ1n) is 6.72. The third-order valence-corrected chi connectivity index (χ3v) is 3.82. The molecule has 2 rings (SSSR count). The van der Waals surface area contributed by atoms with Gasteiger partial charge in [-0.3, -0.25) is 0 Å². The summed E-state index contributed by atoms with van der Waals surface area (Å²) in [6, 6.07) is 14.3. The first-order chi connectivity index (χ1) is 10.2. The van der Waals surface area contributed by atoms with Gasteiger partial charge in [0.1, 0.15) is 12.4 Å². The van der Waals surface area contributed by atoms with Crippen molar-refractivity contribution in [3.8, 4) is 5.75 Å². The average molecular weight is 395 g/mol. The first-order valence-corrected chi connectivity index (χ1v) is 7.80. The van der Waals surface area contributed by atoms with Crippen molar-refractivity contribution < 1.29 is 9.84 Å². The highest BCUT2D eigenvalue weighted by atomic mass is 127. The molecule has 2 aromatic carbocycles. The molecular formula is C17H18INO2. The van der Waals surface area contributed by atoms with Crippen LogP contribution in [0.4, 0.5) is 5.69 Å². The second kappa shape index (κ2) is 8.05. The molecule has 0 amide bonds. The van der Waals surface area contributed by atoms with Gasteiger partial charge in [0.15, 0.2) is 0 Å². The Morgan fingerprint density at radius 2 is 1.76 bits per heavy atom. The number of aliphatic hydroxyl groups excluding tert-OH is 1. The highest BCUT2D eigenvalue weighted by Crippen LogP contribution is 2.23. The Bertz CT molecular complexity index is 609. The van der Waals surface area contributed by atoms with E-state index in [1.165, 1.54) is 0 Å². The molecule has 4 heteroatoms. The Kier molecular flexibility index (Phi) is 6.07. The van der Waals surface area contributed by atoms with Crippen LogP contribution in [-0.2, 0) is 0 Å². The minimum Gasteiger partial charge on any atom is -0.490 e. The SMILES string of the molecule is CNc1ccc(/C=C/c2ccc(OCCO)c(I)c2)cc1. The Morgan fingerprint density at radius 1 is 1.10 bits per heavy atom. The van der Waals surface area contributed by atoms with Crippen molar-refractivity contribution in [2.45, 2.75) is 0 Å². The second-order valence-corrected chi connectivity index (χ2v) is 5.63. The van der Waals surface area contributed by atoms with Gasteiger partial charge in [-0.2, -0.15) is 0 Å². The molecule has 0 aliphatic heterocycles. The molecule has 0 heterocycles. The van der Waals surface area contributed by atoms with Crippen LogP contribution in [0.3, 0.4) is 0 Å². The fourth-order valence-corrected chi connectivity index (χ4v) is 2.54. The van der Waals surface area contributed by atoms with Gasteiger partial charge in [-0.05, 0) is 58.0 Å². The van der Waals surface area contributed by atoms with Crippen molar-refractivity contribution in [3.05, 3.63) is 57.2 Å². The molecule has 110 valence electrons. The van der Waals surface area contributed by atoms with Crippen LogP contribution in [0, 0.1) is 3.57 Å². The molecule has 0 saturated carbocycles. The molecule has 0 unspecified atom stereocenters. The maximum Gasteiger partial charge on any atom is 0.132 e. The lowest BCUT2D eigenvalue weighted by atomic mass is 10.1. The highest BCUT2D eigenvalue weighted by Gasteiger charge is 2.01. The number of aliphatic hydroxyl groups is 1. The number of hydrogen-bond acceptors (Lipinski definition) is 3. The van der Waals surface area contributed by atoms with Crippen molar-refractivity contribution >= 4 is 40.4 Å². The second-order valence-electron chi connectivity index (χ2n) is 4.47. The van der Waals surface area contributed by atoms with Gasteiger partial charge < -0.3 is 15.2 Å². The standard InChI is InChI=1S/C17H18INO2/c1-19-15-7-4-13(5-8-15)2-3-14-6-9-17(16(18)12-14)21-11-10-20/h2-9,12,19-20H,10-11H2,1H3/b3-2+. The zero-order valence-electron chi connectivity index (χ0n) is 11.8. The van der Waals surface area contributed by atoms with Crippen LogP contribution in [-0.4, -0.2) is 25.4 Å². The van der Waals surface area contributed by atoms with Crippen LogP contribution in [0.25, 0.3) is 12.2 Å². The molecule has 0 fully saturated rings. The van der Waals surface area contributed by atoms with Crippen molar-refractivity contribution in [1.29, 1.82) is 0 Å². The van der Waals surface area contributed by atoms with Crippen LogP contribution >= 0.6 is 22.6 Å². The number of benzene rings is 2. The Hall–Kier alpha value is -1.53. The van der Waals surface area contributed by atoms with Crippen LogP contribution in [0.5, 0.6) is 5.75 Å². The van der Waals surface area contributed by atoms with Crippen molar-refractivity contribution in [1.82, 2.24) is 0 Å². The predicted molar refractivity (Wildman–Crippen MR) is 96.7 cm³/mol. The molecule has 21 heavy (non-hydrogen) atoms. The summed E-state index contributed by atoms with van der Waals surface area (Å²) in [6.07, 6.45) is 4.16. The van der Waals surface area contributed by atoms with E-state index in [4.69, 9.17) is 9.84 Å². The lowest BCUT2D eigenvalue weighted by Crippen LogP contribution is -2.02. The monoisotopic (exact) mass is 395 g/mol. The van der Waals surface area contributed by atoms with Gasteiger partial charge in [0.05, 0.1) is 10.2 Å². The summed E-state index contributed by atoms with van der Waals surface area (Å²) >= 11 is 2.24. The summed E-state index contributed by atoms with van der Waals surface area (Å²) in [5.41, 5.74) is 3.38. The Labute approximate surface area is 138 Å².